The van der Waals surface area contributed by atoms with Crippen LogP contribution in [0.4, 0.5) is 14.5 Å². The van der Waals surface area contributed by atoms with E-state index in [1.54, 1.807) is 6.07 Å². The summed E-state index contributed by atoms with van der Waals surface area (Å²) in [6.07, 6.45) is 0. The Labute approximate surface area is 112 Å². The predicted octanol–water partition coefficient (Wildman–Crippen LogP) is 3.52. The summed E-state index contributed by atoms with van der Waals surface area (Å²) >= 11 is 0. The minimum Gasteiger partial charge on any atom is -0.449 e. The Kier molecular flexibility index (Phi) is 2.75. The normalized spacial score (nSPS) is 10.9. The molecule has 0 aliphatic rings. The number of nitrogen functional groups attached to an aromatic ring is 1. The van der Waals surface area contributed by atoms with Crippen molar-refractivity contribution in [3.8, 4) is 0 Å². The number of nitrogens with two attached hydrogens (primary N) is 1. The first-order valence-electron chi connectivity index (χ1n) is 5.84. The molecule has 2 aromatic carbocycles. The quantitative estimate of drug-likeness (QED) is 0.574. The minimum atomic E-state index is -0.682. The Morgan fingerprint density at radius 2 is 1.85 bits per heavy atom. The topological polar surface area (TPSA) is 56.2 Å². The monoisotopic (exact) mass is 273 g/mol. The maximum absolute atomic E-state index is 13.5. The van der Waals surface area contributed by atoms with Crippen molar-refractivity contribution in [1.29, 1.82) is 0 Å². The molecule has 2 N–H and O–H groups in total. The van der Waals surface area contributed by atoms with Gasteiger partial charge in [0.2, 0.25) is 5.78 Å². The van der Waals surface area contributed by atoms with E-state index in [-0.39, 0.29) is 22.6 Å². The predicted molar refractivity (Wildman–Crippen MR) is 70.4 cm³/mol. The maximum Gasteiger partial charge on any atom is 0.228 e. The number of carbonyl (C=O) groups is 1. The second-order valence-corrected chi connectivity index (χ2v) is 4.33. The standard InChI is InChI=1S/C15H9F2NO2/c16-10-3-1-2-9-7-13(20-15(9)10)14(19)8-4-5-12(18)11(17)6-8/h1-7H,18H2. The third-order valence-corrected chi connectivity index (χ3v) is 2.98. The molecule has 0 saturated heterocycles. The smallest absolute Gasteiger partial charge is 0.228 e. The number of hydrogen-bond acceptors (Lipinski definition) is 3. The Hall–Kier alpha value is -2.69. The van der Waals surface area contributed by atoms with Gasteiger partial charge in [-0.1, -0.05) is 12.1 Å². The molecule has 0 aliphatic heterocycles. The average molecular weight is 273 g/mol. The fourth-order valence-corrected chi connectivity index (χ4v) is 1.95. The molecule has 5 heteroatoms. The van der Waals surface area contributed by atoms with Crippen molar-refractivity contribution in [2.24, 2.45) is 0 Å². The molecular weight excluding hydrogens is 264 g/mol. The highest BCUT2D eigenvalue weighted by Gasteiger charge is 2.17. The lowest BCUT2D eigenvalue weighted by atomic mass is 10.1. The second kappa shape index (κ2) is 4.45. The van der Waals surface area contributed by atoms with Gasteiger partial charge in [-0.05, 0) is 30.3 Å². The molecule has 0 atom stereocenters. The largest absolute Gasteiger partial charge is 0.449 e. The van der Waals surface area contributed by atoms with Crippen LogP contribution in [0, 0.1) is 11.6 Å². The second-order valence-electron chi connectivity index (χ2n) is 4.33. The van der Waals surface area contributed by atoms with Crippen LogP contribution in [-0.4, -0.2) is 5.78 Å². The first-order chi connectivity index (χ1) is 9.56. The Morgan fingerprint density at radius 3 is 2.55 bits per heavy atom. The van der Waals surface area contributed by atoms with Gasteiger partial charge in [0.25, 0.3) is 0 Å². The number of benzene rings is 2. The molecule has 0 spiro atoms. The van der Waals surface area contributed by atoms with Gasteiger partial charge in [0.05, 0.1) is 5.69 Å². The summed E-state index contributed by atoms with van der Waals surface area (Å²) < 4.78 is 32.1. The lowest BCUT2D eigenvalue weighted by Gasteiger charge is -2.00. The molecule has 3 nitrogen and oxygen atoms in total. The molecule has 3 aromatic rings. The summed E-state index contributed by atoms with van der Waals surface area (Å²) in [7, 11) is 0. The van der Waals surface area contributed by atoms with Crippen LogP contribution in [0.1, 0.15) is 16.1 Å². The maximum atomic E-state index is 13.5. The Morgan fingerprint density at radius 1 is 1.05 bits per heavy atom. The van der Waals surface area contributed by atoms with Crippen molar-refractivity contribution in [1.82, 2.24) is 0 Å². The van der Waals surface area contributed by atoms with Gasteiger partial charge in [0, 0.05) is 10.9 Å². The summed E-state index contributed by atoms with van der Waals surface area (Å²) in [5.74, 6) is -1.81. The van der Waals surface area contributed by atoms with Gasteiger partial charge >= 0.3 is 0 Å². The number of fused-ring (bicyclic) bond motifs is 1. The summed E-state index contributed by atoms with van der Waals surface area (Å²) in [5.41, 5.74) is 5.41. The van der Waals surface area contributed by atoms with Crippen LogP contribution in [-0.2, 0) is 0 Å². The lowest BCUT2D eigenvalue weighted by Crippen LogP contribution is -2.01. The van der Waals surface area contributed by atoms with Gasteiger partial charge in [-0.3, -0.25) is 4.79 Å². The average Bonchev–Trinajstić information content (AvgIpc) is 2.86. The highest BCUT2D eigenvalue weighted by molar-refractivity contribution is 6.09. The summed E-state index contributed by atoms with van der Waals surface area (Å²) in [6.45, 7) is 0. The van der Waals surface area contributed by atoms with Crippen LogP contribution >= 0.6 is 0 Å². The number of rotatable bonds is 2. The number of para-hydroxylation sites is 1. The first kappa shape index (κ1) is 12.3. The zero-order valence-electron chi connectivity index (χ0n) is 10.2. The number of furan rings is 1. The molecule has 0 radical (unpaired) electrons. The zero-order chi connectivity index (χ0) is 14.3. The molecule has 0 amide bonds. The van der Waals surface area contributed by atoms with E-state index >= 15 is 0 Å². The lowest BCUT2D eigenvalue weighted by molar-refractivity contribution is 0.101. The van der Waals surface area contributed by atoms with E-state index in [1.807, 2.05) is 0 Å². The third kappa shape index (κ3) is 1.93. The Balaban J connectivity index is 2.08. The van der Waals surface area contributed by atoms with Gasteiger partial charge in [-0.15, -0.1) is 0 Å². The molecule has 1 aromatic heterocycles. The molecular formula is C15H9F2NO2. The van der Waals surface area contributed by atoms with Crippen molar-refractivity contribution in [2.75, 3.05) is 5.73 Å². The van der Waals surface area contributed by atoms with Gasteiger partial charge in [0.15, 0.2) is 17.2 Å². The molecule has 100 valence electrons. The van der Waals surface area contributed by atoms with Crippen LogP contribution in [0.25, 0.3) is 11.0 Å². The minimum absolute atomic E-state index is 0.00627. The highest BCUT2D eigenvalue weighted by Crippen LogP contribution is 2.24. The van der Waals surface area contributed by atoms with Crippen LogP contribution in [0.5, 0.6) is 0 Å². The van der Waals surface area contributed by atoms with E-state index in [2.05, 4.69) is 0 Å². The van der Waals surface area contributed by atoms with Crippen molar-refractivity contribution in [3.63, 3.8) is 0 Å². The van der Waals surface area contributed by atoms with Crippen LogP contribution in [0.15, 0.2) is 46.9 Å². The highest BCUT2D eigenvalue weighted by atomic mass is 19.1. The summed E-state index contributed by atoms with van der Waals surface area (Å²) in [4.78, 5) is 12.2. The number of hydrogen-bond donors (Lipinski definition) is 1. The van der Waals surface area contributed by atoms with Crippen molar-refractivity contribution in [3.05, 3.63) is 65.4 Å². The van der Waals surface area contributed by atoms with E-state index in [1.165, 1.54) is 30.3 Å². The van der Waals surface area contributed by atoms with Crippen molar-refractivity contribution < 1.29 is 18.0 Å². The summed E-state index contributed by atoms with van der Waals surface area (Å²) in [6, 6.07) is 9.53. The number of ketones is 1. The van der Waals surface area contributed by atoms with Crippen molar-refractivity contribution in [2.45, 2.75) is 0 Å². The fourth-order valence-electron chi connectivity index (χ4n) is 1.95. The molecule has 1 heterocycles. The molecule has 0 saturated carbocycles. The molecule has 0 unspecified atom stereocenters. The number of halogens is 2. The van der Waals surface area contributed by atoms with E-state index < -0.39 is 17.4 Å². The summed E-state index contributed by atoms with van der Waals surface area (Å²) in [5, 5.41) is 0.476. The van der Waals surface area contributed by atoms with Gasteiger partial charge in [-0.25, -0.2) is 8.78 Å². The molecule has 0 aliphatic carbocycles. The zero-order valence-corrected chi connectivity index (χ0v) is 10.2. The molecule has 0 bridgehead atoms. The van der Waals surface area contributed by atoms with Gasteiger partial charge < -0.3 is 10.2 Å². The van der Waals surface area contributed by atoms with Crippen LogP contribution in [0.3, 0.4) is 0 Å². The first-order valence-corrected chi connectivity index (χ1v) is 5.84. The van der Waals surface area contributed by atoms with Gasteiger partial charge in [0.1, 0.15) is 5.82 Å². The van der Waals surface area contributed by atoms with Crippen LogP contribution < -0.4 is 5.73 Å². The van der Waals surface area contributed by atoms with E-state index in [9.17, 15) is 13.6 Å². The van der Waals surface area contributed by atoms with E-state index in [0.717, 1.165) is 6.07 Å². The Bertz CT molecular complexity index is 824. The molecule has 3 rings (SSSR count). The molecule has 0 fully saturated rings. The fraction of sp³-hybridized carbons (Fsp3) is 0. The van der Waals surface area contributed by atoms with Gasteiger partial charge in [-0.2, -0.15) is 0 Å². The SMILES string of the molecule is Nc1ccc(C(=O)c2cc3cccc(F)c3o2)cc1F. The molecule has 20 heavy (non-hydrogen) atoms. The number of anilines is 1. The van der Waals surface area contributed by atoms with E-state index in [4.69, 9.17) is 10.2 Å². The number of carbonyl (C=O) groups excluding carboxylic acids is 1. The van der Waals surface area contributed by atoms with Crippen LogP contribution in [0.2, 0.25) is 0 Å². The van der Waals surface area contributed by atoms with E-state index in [0.29, 0.717) is 5.39 Å². The third-order valence-electron chi connectivity index (χ3n) is 2.98. The van der Waals surface area contributed by atoms with Crippen molar-refractivity contribution >= 4 is 22.4 Å².